The minimum atomic E-state index is -0.710. The van der Waals surface area contributed by atoms with Crippen LogP contribution in [0.1, 0.15) is 25.7 Å². The van der Waals surface area contributed by atoms with Crippen molar-refractivity contribution in [2.45, 2.75) is 25.7 Å². The van der Waals surface area contributed by atoms with Crippen molar-refractivity contribution in [2.75, 3.05) is 18.1 Å². The lowest BCUT2D eigenvalue weighted by atomic mass is 9.96. The maximum absolute atomic E-state index is 11.8. The Morgan fingerprint density at radius 1 is 1.29 bits per heavy atom. The first-order valence-corrected chi connectivity index (χ1v) is 7.42. The Morgan fingerprint density at radius 2 is 2.12 bits per heavy atom. The van der Waals surface area contributed by atoms with E-state index in [1.807, 2.05) is 11.8 Å². The molecule has 0 aromatic carbocycles. The van der Waals surface area contributed by atoms with Crippen LogP contribution in [0, 0.1) is 17.8 Å². The second-order valence-electron chi connectivity index (χ2n) is 4.94. The van der Waals surface area contributed by atoms with E-state index in [1.165, 1.54) is 0 Å². The lowest BCUT2D eigenvalue weighted by Gasteiger charge is -2.17. The van der Waals surface area contributed by atoms with Crippen LogP contribution in [0.2, 0.25) is 0 Å². The van der Waals surface area contributed by atoms with E-state index >= 15 is 0 Å². The molecular weight excluding hydrogens is 238 g/mol. The molecule has 5 heteroatoms. The Balaban J connectivity index is 1.77. The summed E-state index contributed by atoms with van der Waals surface area (Å²) in [5, 5.41) is 12.0. The molecule has 96 valence electrons. The lowest BCUT2D eigenvalue weighted by molar-refractivity contribution is -0.143. The number of nitrogens with one attached hydrogen (secondary N) is 1. The topological polar surface area (TPSA) is 66.4 Å². The molecule has 1 aliphatic carbocycles. The highest BCUT2D eigenvalue weighted by Gasteiger charge is 2.33. The smallest absolute Gasteiger partial charge is 0.306 e. The van der Waals surface area contributed by atoms with Crippen LogP contribution in [0.3, 0.4) is 0 Å². The van der Waals surface area contributed by atoms with Gasteiger partial charge in [0.15, 0.2) is 0 Å². The fourth-order valence-corrected chi connectivity index (χ4v) is 3.94. The van der Waals surface area contributed by atoms with E-state index in [2.05, 4.69) is 5.32 Å². The van der Waals surface area contributed by atoms with E-state index in [-0.39, 0.29) is 23.7 Å². The largest absolute Gasteiger partial charge is 0.481 e. The van der Waals surface area contributed by atoms with E-state index in [0.717, 1.165) is 37.2 Å². The summed E-state index contributed by atoms with van der Waals surface area (Å²) in [5.41, 5.74) is 0. The second kappa shape index (κ2) is 5.76. The van der Waals surface area contributed by atoms with Gasteiger partial charge in [0.25, 0.3) is 0 Å². The van der Waals surface area contributed by atoms with Crippen molar-refractivity contribution in [1.82, 2.24) is 5.32 Å². The van der Waals surface area contributed by atoms with E-state index in [9.17, 15) is 9.59 Å². The van der Waals surface area contributed by atoms with Crippen LogP contribution >= 0.6 is 11.8 Å². The van der Waals surface area contributed by atoms with Gasteiger partial charge < -0.3 is 10.4 Å². The summed E-state index contributed by atoms with van der Waals surface area (Å²) in [6, 6.07) is 0. The highest BCUT2D eigenvalue weighted by Crippen LogP contribution is 2.31. The molecule has 2 fully saturated rings. The monoisotopic (exact) mass is 257 g/mol. The molecule has 0 aromatic rings. The molecule has 1 amide bonds. The fourth-order valence-electron chi connectivity index (χ4n) is 2.72. The molecule has 4 nitrogen and oxygen atoms in total. The van der Waals surface area contributed by atoms with Crippen molar-refractivity contribution >= 4 is 23.6 Å². The van der Waals surface area contributed by atoms with Gasteiger partial charge in [-0.25, -0.2) is 0 Å². The van der Waals surface area contributed by atoms with Gasteiger partial charge in [-0.05, 0) is 30.9 Å². The molecule has 1 saturated carbocycles. The van der Waals surface area contributed by atoms with Gasteiger partial charge in [0.2, 0.25) is 5.91 Å². The maximum atomic E-state index is 11.8. The highest BCUT2D eigenvalue weighted by molar-refractivity contribution is 7.99. The number of hydrogen-bond donors (Lipinski definition) is 2. The summed E-state index contributed by atoms with van der Waals surface area (Å²) in [6.07, 6.45) is 3.62. The molecule has 2 rings (SSSR count). The summed E-state index contributed by atoms with van der Waals surface area (Å²) >= 11 is 1.82. The first kappa shape index (κ1) is 12.7. The van der Waals surface area contributed by atoms with Crippen LogP contribution in [0.4, 0.5) is 0 Å². The maximum Gasteiger partial charge on any atom is 0.306 e. The third kappa shape index (κ3) is 3.15. The number of amides is 1. The van der Waals surface area contributed by atoms with Crippen molar-refractivity contribution in [2.24, 2.45) is 17.8 Å². The minimum absolute atomic E-state index is 0.117. The predicted octanol–water partition coefficient (Wildman–Crippen LogP) is 1.36. The van der Waals surface area contributed by atoms with Crippen molar-refractivity contribution in [3.05, 3.63) is 0 Å². The average Bonchev–Trinajstić information content (AvgIpc) is 2.96. The Kier molecular flexibility index (Phi) is 4.31. The molecule has 2 N–H and O–H groups in total. The van der Waals surface area contributed by atoms with Crippen LogP contribution in [0.5, 0.6) is 0 Å². The molecule has 0 aromatic heterocycles. The quantitative estimate of drug-likeness (QED) is 0.798. The number of carboxylic acids is 1. The molecule has 17 heavy (non-hydrogen) atoms. The van der Waals surface area contributed by atoms with Gasteiger partial charge in [0.1, 0.15) is 0 Å². The zero-order valence-electron chi connectivity index (χ0n) is 9.85. The molecule has 1 heterocycles. The van der Waals surface area contributed by atoms with Crippen molar-refractivity contribution in [3.63, 3.8) is 0 Å². The van der Waals surface area contributed by atoms with E-state index in [1.54, 1.807) is 0 Å². The molecule has 3 unspecified atom stereocenters. The SMILES string of the molecule is O=C(NCC1CCCC1C(=O)O)C1CCSC1. The molecule has 2 aliphatic rings. The molecule has 0 spiro atoms. The zero-order valence-corrected chi connectivity index (χ0v) is 10.7. The van der Waals surface area contributed by atoms with Gasteiger partial charge >= 0.3 is 5.97 Å². The normalized spacial score (nSPS) is 32.6. The van der Waals surface area contributed by atoms with Gasteiger partial charge in [-0.1, -0.05) is 6.42 Å². The molecule has 3 atom stereocenters. The third-order valence-corrected chi connectivity index (χ3v) is 4.98. The van der Waals surface area contributed by atoms with Crippen molar-refractivity contribution < 1.29 is 14.7 Å². The van der Waals surface area contributed by atoms with Crippen LogP contribution in [0.25, 0.3) is 0 Å². The number of carbonyl (C=O) groups excluding carboxylic acids is 1. The van der Waals surface area contributed by atoms with Gasteiger partial charge in [-0.3, -0.25) is 9.59 Å². The number of rotatable bonds is 4. The molecule has 0 bridgehead atoms. The Labute approximate surface area is 106 Å². The first-order valence-electron chi connectivity index (χ1n) is 6.26. The van der Waals surface area contributed by atoms with Crippen LogP contribution in [0.15, 0.2) is 0 Å². The standard InChI is InChI=1S/C12H19NO3S/c14-11(9-4-5-17-7-9)13-6-8-2-1-3-10(8)12(15)16/h8-10H,1-7H2,(H,13,14)(H,15,16). The molecule has 1 aliphatic heterocycles. The Bertz CT molecular complexity index is 302. The third-order valence-electron chi connectivity index (χ3n) is 3.82. The number of aliphatic carboxylic acids is 1. The van der Waals surface area contributed by atoms with Gasteiger partial charge in [-0.2, -0.15) is 11.8 Å². The molecular formula is C12H19NO3S. The number of hydrogen-bond acceptors (Lipinski definition) is 3. The van der Waals surface area contributed by atoms with Crippen LogP contribution in [-0.2, 0) is 9.59 Å². The zero-order chi connectivity index (χ0) is 12.3. The number of carboxylic acid groups (broad SMARTS) is 1. The predicted molar refractivity (Wildman–Crippen MR) is 66.9 cm³/mol. The van der Waals surface area contributed by atoms with Crippen molar-refractivity contribution in [1.29, 1.82) is 0 Å². The molecule has 1 saturated heterocycles. The van der Waals surface area contributed by atoms with E-state index < -0.39 is 5.97 Å². The van der Waals surface area contributed by atoms with Crippen LogP contribution in [-0.4, -0.2) is 35.0 Å². The number of carbonyl (C=O) groups is 2. The summed E-state index contributed by atoms with van der Waals surface area (Å²) in [4.78, 5) is 22.8. The minimum Gasteiger partial charge on any atom is -0.481 e. The van der Waals surface area contributed by atoms with Gasteiger partial charge in [0, 0.05) is 18.2 Å². The second-order valence-corrected chi connectivity index (χ2v) is 6.09. The Morgan fingerprint density at radius 3 is 2.76 bits per heavy atom. The summed E-state index contributed by atoms with van der Waals surface area (Å²) in [6.45, 7) is 0.539. The van der Waals surface area contributed by atoms with Gasteiger partial charge in [-0.15, -0.1) is 0 Å². The van der Waals surface area contributed by atoms with E-state index in [0.29, 0.717) is 6.54 Å². The summed E-state index contributed by atoms with van der Waals surface area (Å²) in [5.74, 6) is 1.41. The summed E-state index contributed by atoms with van der Waals surface area (Å²) < 4.78 is 0. The van der Waals surface area contributed by atoms with E-state index in [4.69, 9.17) is 5.11 Å². The first-order chi connectivity index (χ1) is 8.18. The summed E-state index contributed by atoms with van der Waals surface area (Å²) in [7, 11) is 0. The fraction of sp³-hybridized carbons (Fsp3) is 0.833. The highest BCUT2D eigenvalue weighted by atomic mass is 32.2. The Hall–Kier alpha value is -0.710. The lowest BCUT2D eigenvalue weighted by Crippen LogP contribution is -2.36. The van der Waals surface area contributed by atoms with Crippen LogP contribution < -0.4 is 5.32 Å². The average molecular weight is 257 g/mol. The van der Waals surface area contributed by atoms with Crippen molar-refractivity contribution in [3.8, 4) is 0 Å². The van der Waals surface area contributed by atoms with Gasteiger partial charge in [0.05, 0.1) is 5.92 Å². The molecule has 0 radical (unpaired) electrons. The number of thioether (sulfide) groups is 1.